The van der Waals surface area contributed by atoms with E-state index in [9.17, 15) is 14.4 Å². The highest BCUT2D eigenvalue weighted by Gasteiger charge is 2.44. The Morgan fingerprint density at radius 2 is 1.77 bits per heavy atom. The summed E-state index contributed by atoms with van der Waals surface area (Å²) >= 11 is 6.33. The Labute approximate surface area is 186 Å². The van der Waals surface area contributed by atoms with Gasteiger partial charge in [-0.25, -0.2) is 4.79 Å². The van der Waals surface area contributed by atoms with Gasteiger partial charge in [-0.2, -0.15) is 0 Å². The van der Waals surface area contributed by atoms with Gasteiger partial charge in [0.2, 0.25) is 0 Å². The van der Waals surface area contributed by atoms with E-state index in [1.807, 2.05) is 19.9 Å². The maximum atomic E-state index is 13.1. The third-order valence-electron chi connectivity index (χ3n) is 6.26. The molecule has 7 heteroatoms. The quantitative estimate of drug-likeness (QED) is 0.646. The van der Waals surface area contributed by atoms with E-state index in [1.165, 1.54) is 7.11 Å². The Morgan fingerprint density at radius 1 is 1.13 bits per heavy atom. The molecule has 2 aliphatic rings. The van der Waals surface area contributed by atoms with Gasteiger partial charge >= 0.3 is 5.97 Å². The van der Waals surface area contributed by atoms with Crippen molar-refractivity contribution >= 4 is 29.3 Å². The molecule has 1 fully saturated rings. The predicted molar refractivity (Wildman–Crippen MR) is 116 cm³/mol. The summed E-state index contributed by atoms with van der Waals surface area (Å²) in [7, 11) is 1.29. The largest absolute Gasteiger partial charge is 0.486 e. The van der Waals surface area contributed by atoms with Gasteiger partial charge in [-0.15, -0.1) is 0 Å². The first kappa shape index (κ1) is 21.4. The number of piperidine rings is 1. The van der Waals surface area contributed by atoms with Gasteiger partial charge in [0.05, 0.1) is 30.2 Å². The van der Waals surface area contributed by atoms with Crippen LogP contribution in [0.4, 0.5) is 0 Å². The Balaban J connectivity index is 1.54. The third-order valence-corrected chi connectivity index (χ3v) is 6.84. The molecule has 0 atom stereocenters. The number of aryl methyl sites for hydroxylation is 1. The van der Waals surface area contributed by atoms with Crippen molar-refractivity contribution < 1.29 is 23.9 Å². The fourth-order valence-electron chi connectivity index (χ4n) is 4.52. The van der Waals surface area contributed by atoms with E-state index < -0.39 is 11.6 Å². The Bertz CT molecular complexity index is 1090. The maximum Gasteiger partial charge on any atom is 0.338 e. The van der Waals surface area contributed by atoms with Crippen LogP contribution in [0.1, 0.15) is 61.5 Å². The molecule has 2 aromatic carbocycles. The lowest BCUT2D eigenvalue weighted by molar-refractivity contribution is -0.00591. The zero-order valence-corrected chi connectivity index (χ0v) is 18.5. The topological polar surface area (TPSA) is 72.9 Å². The zero-order chi connectivity index (χ0) is 22.3. The van der Waals surface area contributed by atoms with Crippen molar-refractivity contribution in [3.05, 3.63) is 63.2 Å². The second-order valence-corrected chi connectivity index (χ2v) is 8.60. The van der Waals surface area contributed by atoms with Crippen LogP contribution in [-0.4, -0.2) is 48.4 Å². The number of methoxy groups -OCH3 is 1. The minimum Gasteiger partial charge on any atom is -0.486 e. The maximum absolute atomic E-state index is 13.1. The number of Topliss-reactive ketones (excluding diaryl/α,β-unsaturated/α-hetero) is 1. The standard InChI is InChI=1S/C24H24ClNO5/c1-14-12-19-20(15(2)21(14)25)18(27)13-24(31-19)8-10-26(11-9-24)22(28)16-6-4-5-7-17(16)23(29)30-3/h4-7,12H,8-11,13H2,1-3H3. The molecule has 0 saturated carbocycles. The monoisotopic (exact) mass is 441 g/mol. The minimum absolute atomic E-state index is 0.0245. The van der Waals surface area contributed by atoms with Gasteiger partial charge in [0.25, 0.3) is 5.91 Å². The van der Waals surface area contributed by atoms with Crippen molar-refractivity contribution in [2.45, 2.75) is 38.7 Å². The number of amides is 1. The first-order valence-corrected chi connectivity index (χ1v) is 10.6. The van der Waals surface area contributed by atoms with E-state index in [0.29, 0.717) is 47.8 Å². The van der Waals surface area contributed by atoms with E-state index in [-0.39, 0.29) is 23.7 Å². The van der Waals surface area contributed by atoms with Crippen LogP contribution in [0.5, 0.6) is 5.75 Å². The van der Waals surface area contributed by atoms with Gasteiger partial charge in [0, 0.05) is 31.0 Å². The molecule has 0 N–H and O–H groups in total. The van der Waals surface area contributed by atoms with E-state index in [4.69, 9.17) is 21.1 Å². The molecular formula is C24H24ClNO5. The molecule has 0 radical (unpaired) electrons. The van der Waals surface area contributed by atoms with E-state index in [0.717, 1.165) is 11.1 Å². The molecule has 1 amide bonds. The summed E-state index contributed by atoms with van der Waals surface area (Å²) in [6.45, 7) is 4.60. The highest BCUT2D eigenvalue weighted by molar-refractivity contribution is 6.32. The van der Waals surface area contributed by atoms with Crippen LogP contribution in [0.15, 0.2) is 30.3 Å². The van der Waals surface area contributed by atoms with Gasteiger partial charge in [0.1, 0.15) is 11.4 Å². The summed E-state index contributed by atoms with van der Waals surface area (Å²) in [6.07, 6.45) is 1.33. The summed E-state index contributed by atoms with van der Waals surface area (Å²) in [5.41, 5.74) is 2.12. The van der Waals surface area contributed by atoms with Gasteiger partial charge in [-0.3, -0.25) is 9.59 Å². The lowest BCUT2D eigenvalue weighted by Crippen LogP contribution is -2.52. The van der Waals surface area contributed by atoms with Crippen LogP contribution >= 0.6 is 11.6 Å². The van der Waals surface area contributed by atoms with Crippen LogP contribution in [0.2, 0.25) is 5.02 Å². The highest BCUT2D eigenvalue weighted by Crippen LogP contribution is 2.43. The first-order chi connectivity index (χ1) is 14.8. The van der Waals surface area contributed by atoms with Gasteiger partial charge in [-0.1, -0.05) is 23.7 Å². The molecule has 4 rings (SSSR count). The molecule has 1 spiro atoms. The second kappa shape index (κ2) is 8.00. The third kappa shape index (κ3) is 3.69. The van der Waals surface area contributed by atoms with Crippen LogP contribution in [0, 0.1) is 13.8 Å². The fraction of sp³-hybridized carbons (Fsp3) is 0.375. The number of nitrogens with zero attached hydrogens (tertiary/aromatic N) is 1. The number of halogens is 1. The molecule has 1 saturated heterocycles. The summed E-state index contributed by atoms with van der Waals surface area (Å²) in [5, 5.41) is 0.594. The van der Waals surface area contributed by atoms with E-state index >= 15 is 0 Å². The molecule has 31 heavy (non-hydrogen) atoms. The van der Waals surface area contributed by atoms with Crippen LogP contribution in [0.3, 0.4) is 0 Å². The number of benzene rings is 2. The molecule has 0 aromatic heterocycles. The van der Waals surface area contributed by atoms with E-state index in [2.05, 4.69) is 0 Å². The van der Waals surface area contributed by atoms with Crippen molar-refractivity contribution in [1.82, 2.24) is 4.90 Å². The molecule has 6 nitrogen and oxygen atoms in total. The van der Waals surface area contributed by atoms with Crippen LogP contribution in [0.25, 0.3) is 0 Å². The summed E-state index contributed by atoms with van der Waals surface area (Å²) in [5.74, 6) is -0.167. The van der Waals surface area contributed by atoms with Crippen molar-refractivity contribution in [2.75, 3.05) is 20.2 Å². The Kier molecular flexibility index (Phi) is 5.52. The first-order valence-electron chi connectivity index (χ1n) is 10.2. The molecule has 2 aromatic rings. The Hall–Kier alpha value is -2.86. The molecule has 2 aliphatic heterocycles. The number of hydrogen-bond donors (Lipinski definition) is 0. The average Bonchev–Trinajstić information content (AvgIpc) is 2.76. The van der Waals surface area contributed by atoms with E-state index in [1.54, 1.807) is 29.2 Å². The Morgan fingerprint density at radius 3 is 2.42 bits per heavy atom. The lowest BCUT2D eigenvalue weighted by atomic mass is 9.81. The molecule has 0 aliphatic carbocycles. The average molecular weight is 442 g/mol. The highest BCUT2D eigenvalue weighted by atomic mass is 35.5. The van der Waals surface area contributed by atoms with Gasteiger partial charge in [0.15, 0.2) is 5.78 Å². The SMILES string of the molecule is COC(=O)c1ccccc1C(=O)N1CCC2(CC1)CC(=O)c1c(cc(C)c(Cl)c1C)O2. The zero-order valence-electron chi connectivity index (χ0n) is 17.8. The predicted octanol–water partition coefficient (Wildman–Crippen LogP) is 4.38. The summed E-state index contributed by atoms with van der Waals surface area (Å²) in [4.78, 5) is 39.8. The minimum atomic E-state index is -0.630. The molecule has 0 bridgehead atoms. The van der Waals surface area contributed by atoms with Crippen LogP contribution < -0.4 is 4.74 Å². The van der Waals surface area contributed by atoms with Crippen molar-refractivity contribution in [2.24, 2.45) is 0 Å². The number of rotatable bonds is 2. The molecule has 2 heterocycles. The lowest BCUT2D eigenvalue weighted by Gasteiger charge is -2.44. The number of carbonyl (C=O) groups excluding carboxylic acids is 3. The molecule has 162 valence electrons. The van der Waals surface area contributed by atoms with Crippen molar-refractivity contribution in [3.8, 4) is 5.75 Å². The van der Waals surface area contributed by atoms with Gasteiger partial charge in [-0.05, 0) is 43.2 Å². The number of ether oxygens (including phenoxy) is 2. The molecule has 0 unspecified atom stereocenters. The fourth-order valence-corrected chi connectivity index (χ4v) is 4.67. The number of ketones is 1. The number of hydrogen-bond acceptors (Lipinski definition) is 5. The van der Waals surface area contributed by atoms with Crippen LogP contribution in [-0.2, 0) is 4.74 Å². The number of carbonyl (C=O) groups is 3. The summed E-state index contributed by atoms with van der Waals surface area (Å²) in [6, 6.07) is 8.46. The van der Waals surface area contributed by atoms with Crippen molar-refractivity contribution in [1.29, 1.82) is 0 Å². The van der Waals surface area contributed by atoms with Crippen molar-refractivity contribution in [3.63, 3.8) is 0 Å². The summed E-state index contributed by atoms with van der Waals surface area (Å²) < 4.78 is 11.2. The molecular weight excluding hydrogens is 418 g/mol. The number of fused-ring (bicyclic) bond motifs is 1. The normalized spacial score (nSPS) is 17.2. The number of likely N-dealkylation sites (tertiary alicyclic amines) is 1. The number of esters is 1. The smallest absolute Gasteiger partial charge is 0.338 e. The van der Waals surface area contributed by atoms with Gasteiger partial charge < -0.3 is 14.4 Å². The second-order valence-electron chi connectivity index (χ2n) is 8.22.